The molecule has 1 aromatic rings. The third-order valence-corrected chi connectivity index (χ3v) is 3.48. The molecule has 2 rings (SSSR count). The molecule has 1 unspecified atom stereocenters. The van der Waals surface area contributed by atoms with Crippen molar-refractivity contribution in [1.29, 1.82) is 0 Å². The highest BCUT2D eigenvalue weighted by Crippen LogP contribution is 2.33. The molecule has 21 heavy (non-hydrogen) atoms. The van der Waals surface area contributed by atoms with Gasteiger partial charge in [-0.3, -0.25) is 4.79 Å². The number of hydrogen-bond donors (Lipinski definition) is 2. The molecule has 0 aliphatic carbocycles. The number of nitrogens with zero attached hydrogens (tertiary/aromatic N) is 1. The van der Waals surface area contributed by atoms with E-state index in [0.29, 0.717) is 18.8 Å². The lowest BCUT2D eigenvalue weighted by Crippen LogP contribution is -2.35. The quantitative estimate of drug-likeness (QED) is 0.814. The normalized spacial score (nSPS) is 17.9. The van der Waals surface area contributed by atoms with Crippen molar-refractivity contribution in [2.75, 3.05) is 30.3 Å². The zero-order valence-corrected chi connectivity index (χ0v) is 12.5. The highest BCUT2D eigenvalue weighted by atomic mass is 19.1. The van der Waals surface area contributed by atoms with Crippen LogP contribution in [-0.4, -0.2) is 31.6 Å². The highest BCUT2D eigenvalue weighted by Gasteiger charge is 2.25. The number of carbonyl (C=O) groups excluding carboxylic acids is 1. The van der Waals surface area contributed by atoms with Crippen molar-refractivity contribution in [1.82, 2.24) is 5.32 Å². The summed E-state index contributed by atoms with van der Waals surface area (Å²) in [6, 6.07) is 3.05. The SMILES string of the molecule is CCCOc1cc(N2CCC(NC(C)=O)C2)c(N)cc1F. The molecule has 1 aromatic carbocycles. The maximum atomic E-state index is 13.8. The molecule has 1 aliphatic heterocycles. The summed E-state index contributed by atoms with van der Waals surface area (Å²) in [5.41, 5.74) is 7.07. The summed E-state index contributed by atoms with van der Waals surface area (Å²) in [5.74, 6) is -0.257. The number of benzene rings is 1. The first kappa shape index (κ1) is 15.4. The minimum Gasteiger partial charge on any atom is -0.490 e. The Labute approximate surface area is 124 Å². The standard InChI is InChI=1S/C15H22FN3O2/c1-3-6-21-15-8-14(13(17)7-12(15)16)19-5-4-11(9-19)18-10(2)20/h7-8,11H,3-6,9,17H2,1-2H3,(H,18,20). The van der Waals surface area contributed by atoms with Crippen molar-refractivity contribution in [3.8, 4) is 5.75 Å². The minimum atomic E-state index is -0.442. The molecule has 0 spiro atoms. The fourth-order valence-electron chi connectivity index (χ4n) is 2.54. The molecule has 1 heterocycles. The van der Waals surface area contributed by atoms with Crippen LogP contribution in [0.15, 0.2) is 12.1 Å². The molecule has 1 fully saturated rings. The predicted molar refractivity (Wildman–Crippen MR) is 81.0 cm³/mol. The van der Waals surface area contributed by atoms with Gasteiger partial charge in [-0.2, -0.15) is 0 Å². The molecule has 116 valence electrons. The van der Waals surface area contributed by atoms with E-state index in [4.69, 9.17) is 10.5 Å². The van der Waals surface area contributed by atoms with Crippen molar-refractivity contribution >= 4 is 17.3 Å². The van der Waals surface area contributed by atoms with E-state index in [0.717, 1.165) is 25.1 Å². The Kier molecular flexibility index (Phi) is 4.88. The molecule has 0 aromatic heterocycles. The van der Waals surface area contributed by atoms with Gasteiger partial charge in [0.05, 0.1) is 18.0 Å². The molecular weight excluding hydrogens is 273 g/mol. The Hall–Kier alpha value is -1.98. The number of nitrogens with one attached hydrogen (secondary N) is 1. The van der Waals surface area contributed by atoms with Crippen LogP contribution in [0.1, 0.15) is 26.7 Å². The van der Waals surface area contributed by atoms with Gasteiger partial charge in [0, 0.05) is 38.2 Å². The second-order valence-corrected chi connectivity index (χ2v) is 5.32. The molecule has 6 heteroatoms. The van der Waals surface area contributed by atoms with E-state index in [2.05, 4.69) is 5.32 Å². The maximum absolute atomic E-state index is 13.8. The molecule has 5 nitrogen and oxygen atoms in total. The summed E-state index contributed by atoms with van der Waals surface area (Å²) < 4.78 is 19.2. The van der Waals surface area contributed by atoms with Crippen molar-refractivity contribution in [2.45, 2.75) is 32.7 Å². The Morgan fingerprint density at radius 3 is 3.00 bits per heavy atom. The van der Waals surface area contributed by atoms with Crippen LogP contribution in [0.25, 0.3) is 0 Å². The number of carbonyl (C=O) groups is 1. The Bertz CT molecular complexity index is 522. The van der Waals surface area contributed by atoms with Crippen LogP contribution in [0.2, 0.25) is 0 Å². The zero-order chi connectivity index (χ0) is 15.4. The van der Waals surface area contributed by atoms with E-state index in [1.54, 1.807) is 6.07 Å². The monoisotopic (exact) mass is 295 g/mol. The number of halogens is 1. The number of anilines is 2. The van der Waals surface area contributed by atoms with Crippen LogP contribution >= 0.6 is 0 Å². The second kappa shape index (κ2) is 6.65. The van der Waals surface area contributed by atoms with E-state index in [1.165, 1.54) is 13.0 Å². The Morgan fingerprint density at radius 1 is 1.57 bits per heavy atom. The van der Waals surface area contributed by atoms with E-state index < -0.39 is 5.82 Å². The molecular formula is C15H22FN3O2. The van der Waals surface area contributed by atoms with Crippen molar-refractivity contribution in [2.24, 2.45) is 0 Å². The van der Waals surface area contributed by atoms with E-state index in [-0.39, 0.29) is 17.7 Å². The summed E-state index contributed by atoms with van der Waals surface area (Å²) >= 11 is 0. The van der Waals surface area contributed by atoms with Crippen LogP contribution in [0.4, 0.5) is 15.8 Å². The molecule has 1 saturated heterocycles. The third kappa shape index (κ3) is 3.77. The number of nitrogen functional groups attached to an aromatic ring is 1. The van der Waals surface area contributed by atoms with Crippen LogP contribution < -0.4 is 20.7 Å². The summed E-state index contributed by atoms with van der Waals surface area (Å²) in [4.78, 5) is 13.2. The van der Waals surface area contributed by atoms with Gasteiger partial charge >= 0.3 is 0 Å². The van der Waals surface area contributed by atoms with Gasteiger partial charge in [-0.05, 0) is 12.8 Å². The third-order valence-electron chi connectivity index (χ3n) is 3.48. The fourth-order valence-corrected chi connectivity index (χ4v) is 2.54. The van der Waals surface area contributed by atoms with Crippen LogP contribution in [-0.2, 0) is 4.79 Å². The smallest absolute Gasteiger partial charge is 0.217 e. The van der Waals surface area contributed by atoms with Gasteiger partial charge < -0.3 is 20.7 Å². The van der Waals surface area contributed by atoms with Crippen LogP contribution in [0.3, 0.4) is 0 Å². The first-order chi connectivity index (χ1) is 10.0. The second-order valence-electron chi connectivity index (χ2n) is 5.32. The molecule has 3 N–H and O–H groups in total. The molecule has 0 saturated carbocycles. The van der Waals surface area contributed by atoms with Gasteiger partial charge in [-0.1, -0.05) is 6.92 Å². The number of ether oxygens (including phenoxy) is 1. The minimum absolute atomic E-state index is 0.0408. The summed E-state index contributed by atoms with van der Waals surface area (Å²) in [6.07, 6.45) is 1.66. The molecule has 1 aliphatic rings. The predicted octanol–water partition coefficient (Wildman–Crippen LogP) is 1.91. The summed E-state index contributed by atoms with van der Waals surface area (Å²) in [6.45, 7) is 5.38. The summed E-state index contributed by atoms with van der Waals surface area (Å²) in [5, 5.41) is 2.89. The summed E-state index contributed by atoms with van der Waals surface area (Å²) in [7, 11) is 0. The van der Waals surface area contributed by atoms with Crippen molar-refractivity contribution < 1.29 is 13.9 Å². The van der Waals surface area contributed by atoms with Gasteiger partial charge in [0.2, 0.25) is 5.91 Å². The molecule has 0 bridgehead atoms. The number of amides is 1. The number of nitrogens with two attached hydrogens (primary N) is 1. The van der Waals surface area contributed by atoms with E-state index in [9.17, 15) is 9.18 Å². The van der Waals surface area contributed by atoms with E-state index >= 15 is 0 Å². The highest BCUT2D eigenvalue weighted by molar-refractivity contribution is 5.74. The first-order valence-electron chi connectivity index (χ1n) is 7.25. The average Bonchev–Trinajstić information content (AvgIpc) is 2.85. The Morgan fingerprint density at radius 2 is 2.33 bits per heavy atom. The largest absolute Gasteiger partial charge is 0.490 e. The number of hydrogen-bond acceptors (Lipinski definition) is 4. The van der Waals surface area contributed by atoms with Gasteiger partial charge in [0.15, 0.2) is 11.6 Å². The average molecular weight is 295 g/mol. The lowest BCUT2D eigenvalue weighted by Gasteiger charge is -2.22. The van der Waals surface area contributed by atoms with Crippen molar-refractivity contribution in [3.05, 3.63) is 17.9 Å². The zero-order valence-electron chi connectivity index (χ0n) is 12.5. The fraction of sp³-hybridized carbons (Fsp3) is 0.533. The maximum Gasteiger partial charge on any atom is 0.217 e. The number of rotatable bonds is 5. The topological polar surface area (TPSA) is 67.6 Å². The molecule has 0 radical (unpaired) electrons. The first-order valence-corrected chi connectivity index (χ1v) is 7.25. The van der Waals surface area contributed by atoms with Crippen molar-refractivity contribution in [3.63, 3.8) is 0 Å². The molecule has 1 amide bonds. The van der Waals surface area contributed by atoms with Crippen LogP contribution in [0.5, 0.6) is 5.75 Å². The van der Waals surface area contributed by atoms with Crippen LogP contribution in [0, 0.1) is 5.82 Å². The lowest BCUT2D eigenvalue weighted by atomic mass is 10.2. The van der Waals surface area contributed by atoms with Gasteiger partial charge in [0.1, 0.15) is 0 Å². The van der Waals surface area contributed by atoms with Gasteiger partial charge in [-0.15, -0.1) is 0 Å². The Balaban J connectivity index is 2.14. The van der Waals surface area contributed by atoms with Gasteiger partial charge in [0.25, 0.3) is 0 Å². The van der Waals surface area contributed by atoms with E-state index in [1.807, 2.05) is 11.8 Å². The molecule has 1 atom stereocenters. The van der Waals surface area contributed by atoms with Gasteiger partial charge in [-0.25, -0.2) is 4.39 Å². The lowest BCUT2D eigenvalue weighted by molar-refractivity contribution is -0.119.